The third-order valence-electron chi connectivity index (χ3n) is 8.03. The Morgan fingerprint density at radius 2 is 1.95 bits per heavy atom. The summed E-state index contributed by atoms with van der Waals surface area (Å²) in [4.78, 5) is 12.5. The number of hydrogen-bond acceptors (Lipinski definition) is 1. The lowest BCUT2D eigenvalue weighted by Crippen LogP contribution is -2.49. The molecule has 0 aromatic carbocycles. The predicted octanol–water partition coefficient (Wildman–Crippen LogP) is 5.46. The average molecular weight is 298 g/mol. The van der Waals surface area contributed by atoms with Gasteiger partial charge in [0.25, 0.3) is 0 Å². The normalized spacial score (nSPS) is 49.4. The van der Waals surface area contributed by atoms with Crippen molar-refractivity contribution in [3.63, 3.8) is 0 Å². The van der Waals surface area contributed by atoms with Crippen LogP contribution in [0.15, 0.2) is 23.3 Å². The Bertz CT molecular complexity index is 568. The van der Waals surface area contributed by atoms with Gasteiger partial charge >= 0.3 is 0 Å². The van der Waals surface area contributed by atoms with Gasteiger partial charge in [0.1, 0.15) is 0 Å². The Balaban J connectivity index is 1.72. The van der Waals surface area contributed by atoms with Crippen molar-refractivity contribution in [3.8, 4) is 0 Å². The minimum atomic E-state index is 0.180. The molecule has 4 aliphatic carbocycles. The van der Waals surface area contributed by atoms with Gasteiger partial charge in [0, 0.05) is 6.42 Å². The molecule has 0 radical (unpaired) electrons. The van der Waals surface area contributed by atoms with Gasteiger partial charge in [0.15, 0.2) is 5.78 Å². The van der Waals surface area contributed by atoms with Crippen LogP contribution in [-0.4, -0.2) is 5.78 Å². The van der Waals surface area contributed by atoms with Crippen LogP contribution in [-0.2, 0) is 4.79 Å². The topological polar surface area (TPSA) is 17.1 Å². The molecule has 0 heterocycles. The fourth-order valence-corrected chi connectivity index (χ4v) is 6.90. The molecule has 5 unspecified atom stereocenters. The summed E-state index contributed by atoms with van der Waals surface area (Å²) in [5.74, 6) is 2.67. The molecule has 1 heteroatoms. The van der Waals surface area contributed by atoms with Crippen molar-refractivity contribution >= 4 is 5.78 Å². The highest BCUT2D eigenvalue weighted by Gasteiger charge is 2.59. The molecule has 0 aromatic heterocycles. The summed E-state index contributed by atoms with van der Waals surface area (Å²) in [6.07, 6.45) is 14.7. The summed E-state index contributed by atoms with van der Waals surface area (Å²) in [5, 5.41) is 0. The number of rotatable bonds is 0. The summed E-state index contributed by atoms with van der Waals surface area (Å²) in [6, 6.07) is 0. The maximum atomic E-state index is 12.5. The van der Waals surface area contributed by atoms with E-state index >= 15 is 0 Å². The molecule has 0 saturated heterocycles. The number of ketones is 1. The Morgan fingerprint density at radius 1 is 1.14 bits per heavy atom. The minimum absolute atomic E-state index is 0.180. The molecule has 0 aromatic rings. The third-order valence-corrected chi connectivity index (χ3v) is 8.03. The summed E-state index contributed by atoms with van der Waals surface area (Å²) >= 11 is 0. The second-order valence-electron chi connectivity index (χ2n) is 8.74. The smallest absolute Gasteiger partial charge is 0.159 e. The van der Waals surface area contributed by atoms with E-state index in [1.807, 2.05) is 0 Å². The monoisotopic (exact) mass is 298 g/mol. The quantitative estimate of drug-likeness (QED) is 0.428. The minimum Gasteiger partial charge on any atom is -0.295 e. The van der Waals surface area contributed by atoms with Gasteiger partial charge in [-0.25, -0.2) is 0 Å². The van der Waals surface area contributed by atoms with E-state index in [9.17, 15) is 4.79 Å². The van der Waals surface area contributed by atoms with Crippen LogP contribution in [0.25, 0.3) is 0 Å². The maximum Gasteiger partial charge on any atom is 0.159 e. The maximum absolute atomic E-state index is 12.5. The molecule has 4 rings (SSSR count). The van der Waals surface area contributed by atoms with Gasteiger partial charge in [-0.05, 0) is 86.0 Å². The summed E-state index contributed by atoms with van der Waals surface area (Å²) in [7, 11) is 0. The highest BCUT2D eigenvalue weighted by molar-refractivity contribution is 5.99. The zero-order chi connectivity index (χ0) is 15.5. The van der Waals surface area contributed by atoms with Crippen molar-refractivity contribution in [1.82, 2.24) is 0 Å². The second kappa shape index (κ2) is 4.82. The van der Waals surface area contributed by atoms with E-state index in [2.05, 4.69) is 32.9 Å². The molecular formula is C21H30O. The fraction of sp³-hybridized carbons (Fsp3) is 0.762. The third kappa shape index (κ3) is 1.74. The van der Waals surface area contributed by atoms with Crippen molar-refractivity contribution in [2.45, 2.75) is 72.1 Å². The zero-order valence-corrected chi connectivity index (χ0v) is 14.5. The number of allylic oxidation sites excluding steroid dienone is 4. The summed E-state index contributed by atoms with van der Waals surface area (Å²) in [6.45, 7) is 7.00. The first-order valence-corrected chi connectivity index (χ1v) is 9.40. The Labute approximate surface area is 135 Å². The number of carbonyl (C=O) groups excluding carboxylic acids is 1. The highest BCUT2D eigenvalue weighted by atomic mass is 16.1. The molecule has 0 amide bonds. The largest absolute Gasteiger partial charge is 0.295 e. The summed E-state index contributed by atoms with van der Waals surface area (Å²) in [5.41, 5.74) is 3.55. The van der Waals surface area contributed by atoms with Crippen LogP contribution >= 0.6 is 0 Å². The van der Waals surface area contributed by atoms with Crippen LogP contribution in [0.5, 0.6) is 0 Å². The first-order chi connectivity index (χ1) is 10.5. The van der Waals surface area contributed by atoms with E-state index in [4.69, 9.17) is 0 Å². The van der Waals surface area contributed by atoms with E-state index in [0.717, 1.165) is 23.8 Å². The molecule has 3 fully saturated rings. The lowest BCUT2D eigenvalue weighted by atomic mass is 9.47. The van der Waals surface area contributed by atoms with Crippen molar-refractivity contribution in [3.05, 3.63) is 23.3 Å². The van der Waals surface area contributed by atoms with Gasteiger partial charge in [0.05, 0.1) is 0 Å². The molecule has 0 N–H and O–H groups in total. The summed E-state index contributed by atoms with van der Waals surface area (Å²) < 4.78 is 0. The lowest BCUT2D eigenvalue weighted by Gasteiger charge is -2.57. The van der Waals surface area contributed by atoms with Crippen LogP contribution in [0.2, 0.25) is 0 Å². The number of carbonyl (C=O) groups is 1. The van der Waals surface area contributed by atoms with E-state index in [1.54, 1.807) is 5.57 Å². The molecule has 0 aliphatic heterocycles. The molecular weight excluding hydrogens is 268 g/mol. The van der Waals surface area contributed by atoms with Crippen molar-refractivity contribution < 1.29 is 4.79 Å². The SMILES string of the molecule is C/C=C1\C(=O)CC2C3CCC4=CCCCC4(C)C3CCC12C. The van der Waals surface area contributed by atoms with E-state index < -0.39 is 0 Å². The van der Waals surface area contributed by atoms with Crippen molar-refractivity contribution in [2.75, 3.05) is 0 Å². The fourth-order valence-electron chi connectivity index (χ4n) is 6.90. The predicted molar refractivity (Wildman–Crippen MR) is 90.5 cm³/mol. The van der Waals surface area contributed by atoms with Crippen LogP contribution in [0.4, 0.5) is 0 Å². The van der Waals surface area contributed by atoms with E-state index in [-0.39, 0.29) is 5.41 Å². The van der Waals surface area contributed by atoms with Crippen LogP contribution in [0.1, 0.15) is 72.1 Å². The van der Waals surface area contributed by atoms with Crippen LogP contribution in [0.3, 0.4) is 0 Å². The molecule has 3 saturated carbocycles. The molecule has 4 aliphatic rings. The molecule has 0 spiro atoms. The first-order valence-electron chi connectivity index (χ1n) is 9.40. The van der Waals surface area contributed by atoms with Gasteiger partial charge in [-0.3, -0.25) is 4.79 Å². The standard InChI is InChI=1S/C21H30O/c1-4-16-19(22)13-18-15-9-8-14-7-5-6-11-20(14,2)17(15)10-12-21(16,18)3/h4,7,15,17-18H,5-6,8-13H2,1-3H3/b16-4+. The Kier molecular flexibility index (Phi) is 3.23. The van der Waals surface area contributed by atoms with Gasteiger partial charge in [0.2, 0.25) is 0 Å². The second-order valence-corrected chi connectivity index (χ2v) is 8.74. The lowest BCUT2D eigenvalue weighted by molar-refractivity contribution is -0.115. The van der Waals surface area contributed by atoms with Gasteiger partial charge in [-0.15, -0.1) is 0 Å². The molecule has 120 valence electrons. The number of hydrogen-bond donors (Lipinski definition) is 0. The van der Waals surface area contributed by atoms with Gasteiger partial charge < -0.3 is 0 Å². The molecule has 22 heavy (non-hydrogen) atoms. The van der Waals surface area contributed by atoms with Gasteiger partial charge in [-0.1, -0.05) is 31.6 Å². The van der Waals surface area contributed by atoms with Crippen LogP contribution < -0.4 is 0 Å². The number of Topliss-reactive ketones (excluding diaryl/α,β-unsaturated/α-hetero) is 1. The van der Waals surface area contributed by atoms with Gasteiger partial charge in [-0.2, -0.15) is 0 Å². The zero-order valence-electron chi connectivity index (χ0n) is 14.5. The van der Waals surface area contributed by atoms with E-state index in [0.29, 0.717) is 17.1 Å². The van der Waals surface area contributed by atoms with Crippen LogP contribution in [0, 0.1) is 28.6 Å². The average Bonchev–Trinajstić information content (AvgIpc) is 2.76. The highest BCUT2D eigenvalue weighted by Crippen LogP contribution is 2.65. The first kappa shape index (κ1) is 14.7. The number of fused-ring (bicyclic) bond motifs is 5. The molecule has 1 nitrogen and oxygen atoms in total. The van der Waals surface area contributed by atoms with E-state index in [1.165, 1.54) is 44.9 Å². The Morgan fingerprint density at radius 3 is 2.73 bits per heavy atom. The van der Waals surface area contributed by atoms with Crippen molar-refractivity contribution in [1.29, 1.82) is 0 Å². The molecule has 0 bridgehead atoms. The Hall–Kier alpha value is -0.850. The molecule has 5 atom stereocenters. The van der Waals surface area contributed by atoms with Crippen molar-refractivity contribution in [2.24, 2.45) is 28.6 Å².